The van der Waals surface area contributed by atoms with Crippen molar-refractivity contribution in [3.05, 3.63) is 29.8 Å². The third kappa shape index (κ3) is 4.68. The molecule has 1 aliphatic rings. The Morgan fingerprint density at radius 2 is 2.17 bits per heavy atom. The molecule has 0 aliphatic carbocycles. The largest absolute Gasteiger partial charge is 0.497 e. The molecule has 0 saturated carbocycles. The molecule has 1 aromatic rings. The number of rotatable bonds is 5. The van der Waals surface area contributed by atoms with E-state index in [1.807, 2.05) is 24.3 Å². The monoisotopic (exact) mass is 340 g/mol. The second-order valence-electron chi connectivity index (χ2n) is 6.01. The quantitative estimate of drug-likeness (QED) is 0.811. The van der Waals surface area contributed by atoms with Gasteiger partial charge in [0.25, 0.3) is 0 Å². The standard InChI is InChI=1S/C16H24N2O4S/c1-17(11-13-6-4-8-15(10-13)22-2)16(19)14-7-5-9-18(12-14)23(3,20)21/h4,6,8,10,14H,5,7,9,11-12H2,1-3H3/t14-/m0/s1. The number of methoxy groups -OCH3 is 1. The molecule has 1 atom stereocenters. The van der Waals surface area contributed by atoms with Gasteiger partial charge >= 0.3 is 0 Å². The number of sulfonamides is 1. The number of amides is 1. The second kappa shape index (κ2) is 7.31. The SMILES string of the molecule is COc1cccc(CN(C)C(=O)[C@H]2CCCN(S(C)(=O)=O)C2)c1. The number of hydrogen-bond acceptors (Lipinski definition) is 4. The van der Waals surface area contributed by atoms with Crippen LogP contribution in [-0.4, -0.2) is 57.0 Å². The van der Waals surface area contributed by atoms with Crippen molar-refractivity contribution < 1.29 is 17.9 Å². The third-order valence-electron chi connectivity index (χ3n) is 4.13. The Labute approximate surface area is 138 Å². The number of benzene rings is 1. The predicted molar refractivity (Wildman–Crippen MR) is 88.6 cm³/mol. The summed E-state index contributed by atoms with van der Waals surface area (Å²) in [4.78, 5) is 14.3. The number of ether oxygens (including phenoxy) is 1. The van der Waals surface area contributed by atoms with E-state index in [1.165, 1.54) is 10.6 Å². The van der Waals surface area contributed by atoms with Crippen LogP contribution in [0.3, 0.4) is 0 Å². The van der Waals surface area contributed by atoms with E-state index in [1.54, 1.807) is 19.1 Å². The van der Waals surface area contributed by atoms with Gasteiger partial charge in [-0.05, 0) is 30.5 Å². The topological polar surface area (TPSA) is 66.9 Å². The van der Waals surface area contributed by atoms with Crippen LogP contribution < -0.4 is 4.74 Å². The van der Waals surface area contributed by atoms with E-state index >= 15 is 0 Å². The van der Waals surface area contributed by atoms with E-state index in [0.717, 1.165) is 24.2 Å². The molecule has 0 N–H and O–H groups in total. The molecular formula is C16H24N2O4S. The Hall–Kier alpha value is -1.60. The van der Waals surface area contributed by atoms with Gasteiger partial charge in [0.1, 0.15) is 5.75 Å². The Balaban J connectivity index is 2.01. The molecule has 1 aromatic carbocycles. The molecule has 0 bridgehead atoms. The van der Waals surface area contributed by atoms with Crippen molar-refractivity contribution in [3.63, 3.8) is 0 Å². The van der Waals surface area contributed by atoms with Gasteiger partial charge < -0.3 is 9.64 Å². The fourth-order valence-electron chi connectivity index (χ4n) is 2.88. The van der Waals surface area contributed by atoms with Gasteiger partial charge in [0.2, 0.25) is 15.9 Å². The molecule has 1 aliphatic heterocycles. The molecule has 1 saturated heterocycles. The molecule has 0 spiro atoms. The van der Waals surface area contributed by atoms with Crippen LogP contribution in [0, 0.1) is 5.92 Å². The molecule has 128 valence electrons. The fraction of sp³-hybridized carbons (Fsp3) is 0.562. The predicted octanol–water partition coefficient (Wildman–Crippen LogP) is 1.33. The first kappa shape index (κ1) is 17.7. The average molecular weight is 340 g/mol. The Kier molecular flexibility index (Phi) is 5.64. The minimum absolute atomic E-state index is 0.0128. The molecule has 23 heavy (non-hydrogen) atoms. The number of carbonyl (C=O) groups excluding carboxylic acids is 1. The Bertz CT molecular complexity index is 660. The van der Waals surface area contributed by atoms with E-state index in [0.29, 0.717) is 13.1 Å². The molecule has 1 fully saturated rings. The van der Waals surface area contributed by atoms with Crippen LogP contribution >= 0.6 is 0 Å². The van der Waals surface area contributed by atoms with Crippen LogP contribution in [0.5, 0.6) is 5.75 Å². The highest BCUT2D eigenvalue weighted by Crippen LogP contribution is 2.21. The maximum absolute atomic E-state index is 12.6. The van der Waals surface area contributed by atoms with Crippen molar-refractivity contribution in [2.45, 2.75) is 19.4 Å². The molecule has 0 unspecified atom stereocenters. The number of nitrogens with zero attached hydrogens (tertiary/aromatic N) is 2. The van der Waals surface area contributed by atoms with Crippen LogP contribution in [0.25, 0.3) is 0 Å². The maximum atomic E-state index is 12.6. The zero-order valence-corrected chi connectivity index (χ0v) is 14.7. The van der Waals surface area contributed by atoms with E-state index < -0.39 is 10.0 Å². The van der Waals surface area contributed by atoms with Gasteiger partial charge in [-0.25, -0.2) is 12.7 Å². The normalized spacial score (nSPS) is 19.3. The molecule has 0 radical (unpaired) electrons. The lowest BCUT2D eigenvalue weighted by molar-refractivity contribution is -0.135. The van der Waals surface area contributed by atoms with Crippen LogP contribution in [-0.2, 0) is 21.4 Å². The highest BCUT2D eigenvalue weighted by molar-refractivity contribution is 7.88. The molecule has 7 heteroatoms. The smallest absolute Gasteiger partial charge is 0.227 e. The third-order valence-corrected chi connectivity index (χ3v) is 5.40. The van der Waals surface area contributed by atoms with Gasteiger partial charge in [0, 0.05) is 26.7 Å². The second-order valence-corrected chi connectivity index (χ2v) is 7.99. The molecule has 6 nitrogen and oxygen atoms in total. The lowest BCUT2D eigenvalue weighted by Crippen LogP contribution is -2.45. The van der Waals surface area contributed by atoms with Crippen molar-refractivity contribution in [3.8, 4) is 5.75 Å². The summed E-state index contributed by atoms with van der Waals surface area (Å²) in [5, 5.41) is 0. The van der Waals surface area contributed by atoms with Crippen LogP contribution in [0.15, 0.2) is 24.3 Å². The van der Waals surface area contributed by atoms with Gasteiger partial charge in [0.05, 0.1) is 19.3 Å². The van der Waals surface area contributed by atoms with Gasteiger partial charge in [0.15, 0.2) is 0 Å². The summed E-state index contributed by atoms with van der Waals surface area (Å²) in [6, 6.07) is 7.58. The molecular weight excluding hydrogens is 316 g/mol. The van der Waals surface area contributed by atoms with Crippen molar-refractivity contribution in [2.24, 2.45) is 5.92 Å². The van der Waals surface area contributed by atoms with Crippen molar-refractivity contribution in [2.75, 3.05) is 33.5 Å². The highest BCUT2D eigenvalue weighted by atomic mass is 32.2. The zero-order chi connectivity index (χ0) is 17.0. The number of piperidine rings is 1. The first-order chi connectivity index (χ1) is 10.8. The van der Waals surface area contributed by atoms with Crippen molar-refractivity contribution in [1.29, 1.82) is 0 Å². The first-order valence-corrected chi connectivity index (χ1v) is 9.49. The minimum Gasteiger partial charge on any atom is -0.497 e. The first-order valence-electron chi connectivity index (χ1n) is 7.64. The molecule has 1 amide bonds. The molecule has 1 heterocycles. The zero-order valence-electron chi connectivity index (χ0n) is 13.9. The molecule has 2 rings (SSSR count). The van der Waals surface area contributed by atoms with Gasteiger partial charge in [-0.3, -0.25) is 4.79 Å². The number of carbonyl (C=O) groups is 1. The van der Waals surface area contributed by atoms with E-state index in [9.17, 15) is 13.2 Å². The van der Waals surface area contributed by atoms with Gasteiger partial charge in [-0.1, -0.05) is 12.1 Å². The summed E-state index contributed by atoms with van der Waals surface area (Å²) in [5.41, 5.74) is 0.982. The lowest BCUT2D eigenvalue weighted by atomic mass is 9.98. The summed E-state index contributed by atoms with van der Waals surface area (Å²) in [6.45, 7) is 1.26. The van der Waals surface area contributed by atoms with E-state index in [4.69, 9.17) is 4.74 Å². The summed E-state index contributed by atoms with van der Waals surface area (Å²) < 4.78 is 29.9. The van der Waals surface area contributed by atoms with Crippen LogP contribution in [0.1, 0.15) is 18.4 Å². The average Bonchev–Trinajstić information content (AvgIpc) is 2.53. The van der Waals surface area contributed by atoms with Crippen LogP contribution in [0.4, 0.5) is 0 Å². The van der Waals surface area contributed by atoms with Crippen LogP contribution in [0.2, 0.25) is 0 Å². The van der Waals surface area contributed by atoms with Gasteiger partial charge in [-0.2, -0.15) is 0 Å². The van der Waals surface area contributed by atoms with E-state index in [2.05, 4.69) is 0 Å². The Morgan fingerprint density at radius 3 is 2.83 bits per heavy atom. The summed E-state index contributed by atoms with van der Waals surface area (Å²) >= 11 is 0. The highest BCUT2D eigenvalue weighted by Gasteiger charge is 2.31. The van der Waals surface area contributed by atoms with Crippen molar-refractivity contribution in [1.82, 2.24) is 9.21 Å². The Morgan fingerprint density at radius 1 is 1.43 bits per heavy atom. The summed E-state index contributed by atoms with van der Waals surface area (Å²) in [5.74, 6) is 0.472. The maximum Gasteiger partial charge on any atom is 0.227 e. The summed E-state index contributed by atoms with van der Waals surface area (Å²) in [6.07, 6.45) is 2.64. The lowest BCUT2D eigenvalue weighted by Gasteiger charge is -2.32. The molecule has 0 aromatic heterocycles. The van der Waals surface area contributed by atoms with Crippen molar-refractivity contribution >= 4 is 15.9 Å². The minimum atomic E-state index is -3.24. The fourth-order valence-corrected chi connectivity index (χ4v) is 3.79. The number of hydrogen-bond donors (Lipinski definition) is 0. The summed E-state index contributed by atoms with van der Waals surface area (Å²) in [7, 11) is 0.118. The van der Waals surface area contributed by atoms with E-state index in [-0.39, 0.29) is 18.4 Å². The van der Waals surface area contributed by atoms with Gasteiger partial charge in [-0.15, -0.1) is 0 Å².